The van der Waals surface area contributed by atoms with Crippen molar-refractivity contribution in [2.75, 3.05) is 0 Å². The third kappa shape index (κ3) is 8.13. The molecule has 2 aromatic carbocycles. The summed E-state index contributed by atoms with van der Waals surface area (Å²) >= 11 is 0. The molecular formula is C26H32O4. The SMILES string of the molecule is CCC(C)(C)C(=O)O.CCC(C)(C)C(=O)Oc1ccc(C#Cc2ccccc2)cc1. The van der Waals surface area contributed by atoms with Crippen LogP contribution in [0.15, 0.2) is 54.6 Å². The maximum absolute atomic E-state index is 12.0. The lowest BCUT2D eigenvalue weighted by atomic mass is 9.91. The van der Waals surface area contributed by atoms with Gasteiger partial charge in [-0.05, 0) is 76.9 Å². The second kappa shape index (κ2) is 11.2. The highest BCUT2D eigenvalue weighted by Gasteiger charge is 2.27. The highest BCUT2D eigenvalue weighted by Crippen LogP contribution is 2.23. The van der Waals surface area contributed by atoms with Gasteiger partial charge in [0.1, 0.15) is 5.75 Å². The molecule has 0 radical (unpaired) electrons. The normalized spacial score (nSPS) is 10.7. The summed E-state index contributed by atoms with van der Waals surface area (Å²) in [6, 6.07) is 17.1. The first kappa shape index (κ1) is 25.0. The maximum atomic E-state index is 12.0. The molecule has 0 saturated carbocycles. The highest BCUT2D eigenvalue weighted by molar-refractivity contribution is 5.78. The number of carboxylic acids is 1. The van der Waals surface area contributed by atoms with Crippen molar-refractivity contribution in [1.82, 2.24) is 0 Å². The smallest absolute Gasteiger partial charge is 0.316 e. The first-order valence-electron chi connectivity index (χ1n) is 10.1. The molecule has 0 aliphatic heterocycles. The van der Waals surface area contributed by atoms with Gasteiger partial charge in [-0.2, -0.15) is 0 Å². The number of hydrogen-bond donors (Lipinski definition) is 1. The summed E-state index contributed by atoms with van der Waals surface area (Å²) < 4.78 is 5.40. The number of benzene rings is 2. The van der Waals surface area contributed by atoms with E-state index in [0.29, 0.717) is 12.2 Å². The average molecular weight is 409 g/mol. The molecule has 0 bridgehead atoms. The van der Waals surface area contributed by atoms with Crippen molar-refractivity contribution in [3.63, 3.8) is 0 Å². The van der Waals surface area contributed by atoms with Crippen LogP contribution < -0.4 is 4.74 Å². The van der Waals surface area contributed by atoms with Crippen molar-refractivity contribution in [2.45, 2.75) is 54.4 Å². The minimum Gasteiger partial charge on any atom is -0.481 e. The summed E-state index contributed by atoms with van der Waals surface area (Å²) in [5, 5.41) is 8.44. The van der Waals surface area contributed by atoms with E-state index in [1.807, 2.05) is 70.2 Å². The van der Waals surface area contributed by atoms with Gasteiger partial charge in [0.2, 0.25) is 0 Å². The van der Waals surface area contributed by atoms with Crippen LogP contribution in [0.1, 0.15) is 65.5 Å². The maximum Gasteiger partial charge on any atom is 0.316 e. The van der Waals surface area contributed by atoms with E-state index in [9.17, 15) is 9.59 Å². The van der Waals surface area contributed by atoms with Gasteiger partial charge in [-0.25, -0.2) is 0 Å². The van der Waals surface area contributed by atoms with Gasteiger partial charge in [-0.15, -0.1) is 0 Å². The van der Waals surface area contributed by atoms with Crippen LogP contribution in [-0.2, 0) is 9.59 Å². The molecule has 0 aromatic heterocycles. The summed E-state index contributed by atoms with van der Waals surface area (Å²) in [5.74, 6) is 5.81. The third-order valence-corrected chi connectivity index (χ3v) is 5.09. The molecule has 0 fully saturated rings. The second-order valence-corrected chi connectivity index (χ2v) is 8.31. The fourth-order valence-corrected chi connectivity index (χ4v) is 1.81. The van der Waals surface area contributed by atoms with Gasteiger partial charge in [0.05, 0.1) is 10.8 Å². The molecule has 30 heavy (non-hydrogen) atoms. The number of carboxylic acid groups (broad SMARTS) is 1. The summed E-state index contributed by atoms with van der Waals surface area (Å²) in [5.41, 5.74) is 0.854. The number of rotatable bonds is 5. The van der Waals surface area contributed by atoms with Gasteiger partial charge in [-0.1, -0.05) is 43.9 Å². The molecule has 1 N–H and O–H groups in total. The predicted octanol–water partition coefficient (Wildman–Crippen LogP) is 5.94. The van der Waals surface area contributed by atoms with E-state index < -0.39 is 16.8 Å². The Balaban J connectivity index is 0.000000479. The molecule has 0 heterocycles. The van der Waals surface area contributed by atoms with Crippen LogP contribution in [0.5, 0.6) is 5.75 Å². The average Bonchev–Trinajstić information content (AvgIpc) is 2.74. The zero-order chi connectivity index (χ0) is 22.8. The Morgan fingerprint density at radius 3 is 1.67 bits per heavy atom. The largest absolute Gasteiger partial charge is 0.481 e. The molecule has 4 nitrogen and oxygen atoms in total. The van der Waals surface area contributed by atoms with Gasteiger partial charge < -0.3 is 9.84 Å². The van der Waals surface area contributed by atoms with Crippen molar-refractivity contribution in [3.8, 4) is 17.6 Å². The van der Waals surface area contributed by atoms with Crippen LogP contribution in [-0.4, -0.2) is 17.0 Å². The number of carbonyl (C=O) groups is 2. The molecule has 0 aliphatic rings. The van der Waals surface area contributed by atoms with E-state index in [2.05, 4.69) is 11.8 Å². The minimum absolute atomic E-state index is 0.210. The standard InChI is InChI=1S/C20H20O2.C6H12O2/c1-4-20(2,3)19(21)22-18-14-12-17(13-15-18)11-10-16-8-6-5-7-9-16;1-4-6(2,3)5(7)8/h5-9,12-15H,4H2,1-3H3;4H2,1-3H3,(H,7,8). The number of aliphatic carboxylic acids is 1. The monoisotopic (exact) mass is 408 g/mol. The Kier molecular flexibility index (Phi) is 9.33. The van der Waals surface area contributed by atoms with Crippen LogP contribution in [0.25, 0.3) is 0 Å². The molecule has 0 amide bonds. The number of hydrogen-bond acceptors (Lipinski definition) is 3. The van der Waals surface area contributed by atoms with E-state index in [-0.39, 0.29) is 5.97 Å². The van der Waals surface area contributed by atoms with Gasteiger partial charge in [-0.3, -0.25) is 9.59 Å². The summed E-state index contributed by atoms with van der Waals surface area (Å²) in [6.07, 6.45) is 1.43. The van der Waals surface area contributed by atoms with Crippen molar-refractivity contribution in [3.05, 3.63) is 65.7 Å². The Hall–Kier alpha value is -3.06. The van der Waals surface area contributed by atoms with Crippen molar-refractivity contribution < 1.29 is 19.4 Å². The Morgan fingerprint density at radius 2 is 1.27 bits per heavy atom. The van der Waals surface area contributed by atoms with E-state index >= 15 is 0 Å². The number of carbonyl (C=O) groups excluding carboxylic acids is 1. The van der Waals surface area contributed by atoms with Crippen LogP contribution in [0.2, 0.25) is 0 Å². The van der Waals surface area contributed by atoms with Crippen LogP contribution in [0, 0.1) is 22.7 Å². The lowest BCUT2D eigenvalue weighted by Crippen LogP contribution is -2.28. The van der Waals surface area contributed by atoms with E-state index in [1.165, 1.54) is 0 Å². The molecule has 0 saturated heterocycles. The summed E-state index contributed by atoms with van der Waals surface area (Å²) in [6.45, 7) is 11.0. The molecule has 160 valence electrons. The molecular weight excluding hydrogens is 376 g/mol. The van der Waals surface area contributed by atoms with Gasteiger partial charge in [0.15, 0.2) is 0 Å². The van der Waals surface area contributed by atoms with Crippen LogP contribution in [0.4, 0.5) is 0 Å². The topological polar surface area (TPSA) is 63.6 Å². The molecule has 0 aliphatic carbocycles. The molecule has 0 atom stereocenters. The molecule has 0 unspecified atom stereocenters. The number of esters is 1. The third-order valence-electron chi connectivity index (χ3n) is 5.09. The predicted molar refractivity (Wildman–Crippen MR) is 120 cm³/mol. The van der Waals surface area contributed by atoms with Crippen molar-refractivity contribution in [2.24, 2.45) is 10.8 Å². The van der Waals surface area contributed by atoms with Crippen molar-refractivity contribution in [1.29, 1.82) is 0 Å². The quantitative estimate of drug-likeness (QED) is 0.378. The Labute approximate surface area is 180 Å². The molecule has 4 heteroatoms. The van der Waals surface area contributed by atoms with E-state index in [1.54, 1.807) is 26.0 Å². The summed E-state index contributed by atoms with van der Waals surface area (Å²) in [4.78, 5) is 22.3. The first-order valence-corrected chi connectivity index (χ1v) is 10.1. The van der Waals surface area contributed by atoms with Gasteiger partial charge in [0.25, 0.3) is 0 Å². The fraction of sp³-hybridized carbons (Fsp3) is 0.385. The zero-order valence-corrected chi connectivity index (χ0v) is 18.8. The fourth-order valence-electron chi connectivity index (χ4n) is 1.81. The van der Waals surface area contributed by atoms with Gasteiger partial charge >= 0.3 is 11.9 Å². The van der Waals surface area contributed by atoms with Crippen LogP contribution in [0.3, 0.4) is 0 Å². The highest BCUT2D eigenvalue weighted by atomic mass is 16.5. The number of ether oxygens (including phenoxy) is 1. The van der Waals surface area contributed by atoms with Gasteiger partial charge in [0, 0.05) is 11.1 Å². The lowest BCUT2D eigenvalue weighted by Gasteiger charge is -2.19. The van der Waals surface area contributed by atoms with E-state index in [0.717, 1.165) is 17.5 Å². The Bertz CT molecular complexity index is 882. The lowest BCUT2D eigenvalue weighted by molar-refractivity contribution is -0.147. The van der Waals surface area contributed by atoms with Crippen molar-refractivity contribution >= 4 is 11.9 Å². The zero-order valence-electron chi connectivity index (χ0n) is 18.8. The Morgan fingerprint density at radius 1 is 0.800 bits per heavy atom. The second-order valence-electron chi connectivity index (χ2n) is 8.31. The first-order chi connectivity index (χ1) is 14.0. The molecule has 2 aromatic rings. The van der Waals surface area contributed by atoms with Crippen LogP contribution >= 0.6 is 0 Å². The molecule has 2 rings (SSSR count). The minimum atomic E-state index is -0.722. The van der Waals surface area contributed by atoms with E-state index in [4.69, 9.17) is 9.84 Å². The summed E-state index contributed by atoms with van der Waals surface area (Å²) in [7, 11) is 0. The molecule has 0 spiro atoms.